The van der Waals surface area contributed by atoms with Gasteiger partial charge in [-0.25, -0.2) is 0 Å². The molecule has 1 N–H and O–H groups in total. The molecule has 0 spiro atoms. The summed E-state index contributed by atoms with van der Waals surface area (Å²) in [4.78, 5) is 15.3. The summed E-state index contributed by atoms with van der Waals surface area (Å²) in [6, 6.07) is 9.29. The van der Waals surface area contributed by atoms with Gasteiger partial charge < -0.3 is 9.84 Å². The Hall–Kier alpha value is -2.61. The Morgan fingerprint density at radius 1 is 1.30 bits per heavy atom. The molecule has 1 heterocycles. The van der Waals surface area contributed by atoms with Gasteiger partial charge in [0.15, 0.2) is 0 Å². The lowest BCUT2D eigenvalue weighted by atomic mass is 9.82. The molecule has 1 aliphatic rings. The quantitative estimate of drug-likeness (QED) is 0.936. The van der Waals surface area contributed by atoms with Crippen molar-refractivity contribution in [2.75, 3.05) is 6.61 Å². The molecule has 0 atom stereocenters. The number of nitriles is 1. The van der Waals surface area contributed by atoms with Gasteiger partial charge in [-0.15, -0.1) is 0 Å². The minimum atomic E-state index is -0.687. The van der Waals surface area contributed by atoms with E-state index >= 15 is 0 Å². The first kappa shape index (κ1) is 15.3. The number of aromatic nitrogens is 1. The number of carboxylic acid groups (broad SMARTS) is 1. The average Bonchev–Trinajstić information content (AvgIpc) is 2.59. The van der Waals surface area contributed by atoms with E-state index < -0.39 is 5.97 Å². The van der Waals surface area contributed by atoms with Crippen LogP contribution in [0.3, 0.4) is 0 Å². The SMILES string of the molecule is N#Cc1ccc2nccc(OC[C@H]3CC[C@H](C(=O)O)CC3)c2c1. The molecule has 5 nitrogen and oxygen atoms in total. The number of nitrogens with zero attached hydrogens (tertiary/aromatic N) is 2. The van der Waals surface area contributed by atoms with Crippen molar-refractivity contribution in [2.45, 2.75) is 25.7 Å². The Morgan fingerprint density at radius 3 is 2.78 bits per heavy atom. The molecular weight excluding hydrogens is 292 g/mol. The second-order valence-electron chi connectivity index (χ2n) is 6.02. The normalized spacial score (nSPS) is 20.8. The van der Waals surface area contributed by atoms with Gasteiger partial charge >= 0.3 is 5.97 Å². The van der Waals surface area contributed by atoms with E-state index in [9.17, 15) is 4.79 Å². The van der Waals surface area contributed by atoms with Crippen molar-refractivity contribution in [1.29, 1.82) is 5.26 Å². The van der Waals surface area contributed by atoms with Crippen LogP contribution in [0, 0.1) is 23.2 Å². The summed E-state index contributed by atoms with van der Waals surface area (Å²) in [5.41, 5.74) is 1.38. The van der Waals surface area contributed by atoms with Crippen LogP contribution in [-0.4, -0.2) is 22.7 Å². The minimum Gasteiger partial charge on any atom is -0.493 e. The summed E-state index contributed by atoms with van der Waals surface area (Å²) >= 11 is 0. The molecule has 3 rings (SSSR count). The largest absolute Gasteiger partial charge is 0.493 e. The fourth-order valence-corrected chi connectivity index (χ4v) is 3.10. The van der Waals surface area contributed by atoms with Crippen LogP contribution in [0.4, 0.5) is 0 Å². The number of rotatable bonds is 4. The zero-order valence-electron chi connectivity index (χ0n) is 12.7. The molecule has 1 aromatic heterocycles. The standard InChI is InChI=1S/C18H18N2O3/c19-10-13-3-6-16-15(9-13)17(7-8-20-16)23-11-12-1-4-14(5-2-12)18(21)22/h3,6-9,12,14H,1-2,4-5,11H2,(H,21,22)/t12-,14-. The fourth-order valence-electron chi connectivity index (χ4n) is 3.10. The van der Waals surface area contributed by atoms with Crippen molar-refractivity contribution in [1.82, 2.24) is 4.98 Å². The van der Waals surface area contributed by atoms with Crippen LogP contribution in [0.5, 0.6) is 5.75 Å². The number of hydrogen-bond donors (Lipinski definition) is 1. The molecule has 23 heavy (non-hydrogen) atoms. The summed E-state index contributed by atoms with van der Waals surface area (Å²) in [7, 11) is 0. The van der Waals surface area contributed by atoms with Gasteiger partial charge in [0, 0.05) is 11.6 Å². The highest BCUT2D eigenvalue weighted by molar-refractivity contribution is 5.86. The first-order valence-electron chi connectivity index (χ1n) is 7.82. The topological polar surface area (TPSA) is 83.2 Å². The predicted molar refractivity (Wildman–Crippen MR) is 85.0 cm³/mol. The highest BCUT2D eigenvalue weighted by Crippen LogP contribution is 2.31. The number of fused-ring (bicyclic) bond motifs is 1. The number of carbonyl (C=O) groups is 1. The lowest BCUT2D eigenvalue weighted by molar-refractivity contribution is -0.143. The van der Waals surface area contributed by atoms with Crippen molar-refractivity contribution < 1.29 is 14.6 Å². The second-order valence-corrected chi connectivity index (χ2v) is 6.02. The van der Waals surface area contributed by atoms with Crippen molar-refractivity contribution >= 4 is 16.9 Å². The molecule has 118 valence electrons. The number of benzene rings is 1. The number of pyridine rings is 1. The van der Waals surface area contributed by atoms with Gasteiger partial charge in [0.25, 0.3) is 0 Å². The Labute approximate surface area is 134 Å². The third kappa shape index (κ3) is 3.42. The monoisotopic (exact) mass is 310 g/mol. The minimum absolute atomic E-state index is 0.203. The fraction of sp³-hybridized carbons (Fsp3) is 0.389. The molecule has 5 heteroatoms. The van der Waals surface area contributed by atoms with E-state index in [4.69, 9.17) is 15.1 Å². The molecule has 0 bridgehead atoms. The predicted octanol–water partition coefficient (Wildman–Crippen LogP) is 3.38. The second kappa shape index (κ2) is 6.66. The summed E-state index contributed by atoms with van der Waals surface area (Å²) < 4.78 is 5.96. The van der Waals surface area contributed by atoms with Crippen LogP contribution in [0.15, 0.2) is 30.5 Å². The van der Waals surface area contributed by atoms with Crippen molar-refractivity contribution in [2.24, 2.45) is 11.8 Å². The number of hydrogen-bond acceptors (Lipinski definition) is 4. The number of carboxylic acids is 1. The van der Waals surface area contributed by atoms with E-state index in [-0.39, 0.29) is 5.92 Å². The number of ether oxygens (including phenoxy) is 1. The van der Waals surface area contributed by atoms with E-state index in [1.807, 2.05) is 12.1 Å². The smallest absolute Gasteiger partial charge is 0.306 e. The third-order valence-electron chi connectivity index (χ3n) is 4.50. The Bertz CT molecular complexity index is 758. The molecule has 0 amide bonds. The van der Waals surface area contributed by atoms with Crippen LogP contribution in [-0.2, 0) is 4.79 Å². The van der Waals surface area contributed by atoms with Gasteiger partial charge in [-0.2, -0.15) is 5.26 Å². The zero-order valence-corrected chi connectivity index (χ0v) is 12.7. The van der Waals surface area contributed by atoms with E-state index in [1.54, 1.807) is 18.3 Å². The first-order valence-corrected chi connectivity index (χ1v) is 7.82. The summed E-state index contributed by atoms with van der Waals surface area (Å²) in [6.07, 6.45) is 4.90. The molecule has 1 saturated carbocycles. The van der Waals surface area contributed by atoms with Crippen molar-refractivity contribution in [3.63, 3.8) is 0 Å². The van der Waals surface area contributed by atoms with Crippen molar-refractivity contribution in [3.8, 4) is 11.8 Å². The third-order valence-corrected chi connectivity index (χ3v) is 4.50. The average molecular weight is 310 g/mol. The van der Waals surface area contributed by atoms with E-state index in [0.717, 1.165) is 42.3 Å². The lowest BCUT2D eigenvalue weighted by Gasteiger charge is -2.26. The van der Waals surface area contributed by atoms with Crippen LogP contribution in [0.1, 0.15) is 31.2 Å². The summed E-state index contributed by atoms with van der Waals surface area (Å²) in [6.45, 7) is 0.572. The van der Waals surface area contributed by atoms with Gasteiger partial charge in [-0.3, -0.25) is 9.78 Å². The molecular formula is C18H18N2O3. The summed E-state index contributed by atoms with van der Waals surface area (Å²) in [5, 5.41) is 18.9. The van der Waals surface area contributed by atoms with Gasteiger partial charge in [0.05, 0.1) is 29.7 Å². The molecule has 0 radical (unpaired) electrons. The maximum atomic E-state index is 11.0. The zero-order chi connectivity index (χ0) is 16.2. The van der Waals surface area contributed by atoms with Gasteiger partial charge in [-0.1, -0.05) is 0 Å². The maximum Gasteiger partial charge on any atom is 0.306 e. The van der Waals surface area contributed by atoms with Crippen LogP contribution >= 0.6 is 0 Å². The molecule has 2 aromatic rings. The molecule has 0 aliphatic heterocycles. The van der Waals surface area contributed by atoms with E-state index in [0.29, 0.717) is 18.1 Å². The maximum absolute atomic E-state index is 11.0. The highest BCUT2D eigenvalue weighted by atomic mass is 16.5. The Morgan fingerprint density at radius 2 is 2.09 bits per heavy atom. The van der Waals surface area contributed by atoms with Crippen LogP contribution in [0.2, 0.25) is 0 Å². The molecule has 1 aromatic carbocycles. The highest BCUT2D eigenvalue weighted by Gasteiger charge is 2.26. The first-order chi connectivity index (χ1) is 11.2. The van der Waals surface area contributed by atoms with E-state index in [1.165, 1.54) is 0 Å². The van der Waals surface area contributed by atoms with Crippen molar-refractivity contribution in [3.05, 3.63) is 36.0 Å². The molecule has 0 saturated heterocycles. The molecule has 1 fully saturated rings. The number of aliphatic carboxylic acids is 1. The van der Waals surface area contributed by atoms with E-state index in [2.05, 4.69) is 11.1 Å². The summed E-state index contributed by atoms with van der Waals surface area (Å²) in [5.74, 6) is 0.222. The van der Waals surface area contributed by atoms with Gasteiger partial charge in [0.1, 0.15) is 5.75 Å². The van der Waals surface area contributed by atoms with Gasteiger partial charge in [0.2, 0.25) is 0 Å². The van der Waals surface area contributed by atoms with Gasteiger partial charge in [-0.05, 0) is 55.9 Å². The Balaban J connectivity index is 1.68. The molecule has 0 unspecified atom stereocenters. The molecule has 1 aliphatic carbocycles. The Kier molecular flexibility index (Phi) is 4.42. The lowest BCUT2D eigenvalue weighted by Crippen LogP contribution is -2.24. The van der Waals surface area contributed by atoms with Crippen LogP contribution in [0.25, 0.3) is 10.9 Å². The van der Waals surface area contributed by atoms with Crippen LogP contribution < -0.4 is 4.74 Å².